The molecule has 1 amide bonds. The van der Waals surface area contributed by atoms with Crippen molar-refractivity contribution in [2.75, 3.05) is 23.3 Å². The Morgan fingerprint density at radius 2 is 1.86 bits per heavy atom. The van der Waals surface area contributed by atoms with Gasteiger partial charge in [0.25, 0.3) is 0 Å². The van der Waals surface area contributed by atoms with E-state index < -0.39 is 0 Å². The Labute approximate surface area is 165 Å². The Bertz CT molecular complexity index is 958. The van der Waals surface area contributed by atoms with E-state index in [1.807, 2.05) is 55.5 Å². The van der Waals surface area contributed by atoms with Crippen molar-refractivity contribution < 1.29 is 4.79 Å². The number of aryl methyl sites for hydroxylation is 1. The first-order chi connectivity index (χ1) is 13.7. The lowest BCUT2D eigenvalue weighted by Gasteiger charge is -2.32. The zero-order chi connectivity index (χ0) is 19.3. The second-order valence-corrected chi connectivity index (χ2v) is 7.18. The van der Waals surface area contributed by atoms with E-state index in [1.165, 1.54) is 0 Å². The minimum atomic E-state index is -0.0818. The van der Waals surface area contributed by atoms with Crippen LogP contribution in [0.2, 0.25) is 0 Å². The standard InChI is InChI=1S/C23H24N4O/c1-17-13-14-24-23(25-17)27-15-7-10-19(16-27)22(28)26-21-12-6-5-11-20(21)18-8-3-2-4-9-18/h2-6,8-9,11-14,19H,7,10,15-16H2,1H3,(H,26,28)/t19-/m1/s1. The highest BCUT2D eigenvalue weighted by atomic mass is 16.1. The third-order valence-corrected chi connectivity index (χ3v) is 5.13. The number of carbonyl (C=O) groups is 1. The molecule has 2 heterocycles. The molecule has 142 valence electrons. The maximum atomic E-state index is 13.0. The summed E-state index contributed by atoms with van der Waals surface area (Å²) in [6.45, 7) is 3.48. The molecule has 1 saturated heterocycles. The Morgan fingerprint density at radius 3 is 2.68 bits per heavy atom. The number of rotatable bonds is 4. The summed E-state index contributed by atoms with van der Waals surface area (Å²) in [7, 11) is 0. The fourth-order valence-corrected chi connectivity index (χ4v) is 3.66. The Hall–Kier alpha value is -3.21. The second kappa shape index (κ2) is 8.21. The molecule has 2 aromatic carbocycles. The summed E-state index contributed by atoms with van der Waals surface area (Å²) >= 11 is 0. The van der Waals surface area contributed by atoms with E-state index in [0.29, 0.717) is 12.5 Å². The third kappa shape index (κ3) is 4.03. The van der Waals surface area contributed by atoms with E-state index >= 15 is 0 Å². The van der Waals surface area contributed by atoms with Gasteiger partial charge in [0.15, 0.2) is 0 Å². The predicted molar refractivity (Wildman–Crippen MR) is 112 cm³/mol. The zero-order valence-corrected chi connectivity index (χ0v) is 16.0. The fourth-order valence-electron chi connectivity index (χ4n) is 3.66. The summed E-state index contributed by atoms with van der Waals surface area (Å²) in [5.41, 5.74) is 3.92. The summed E-state index contributed by atoms with van der Waals surface area (Å²) in [4.78, 5) is 24.0. The van der Waals surface area contributed by atoms with Gasteiger partial charge in [-0.1, -0.05) is 48.5 Å². The number of hydrogen-bond donors (Lipinski definition) is 1. The Balaban J connectivity index is 1.50. The number of carbonyl (C=O) groups excluding carboxylic acids is 1. The van der Waals surface area contributed by atoms with Gasteiger partial charge in [0.05, 0.1) is 5.92 Å². The first-order valence-electron chi connectivity index (χ1n) is 9.70. The number of anilines is 2. The van der Waals surface area contributed by atoms with Crippen LogP contribution in [0.1, 0.15) is 18.5 Å². The molecular weight excluding hydrogens is 348 g/mol. The molecule has 5 heteroatoms. The maximum absolute atomic E-state index is 13.0. The lowest BCUT2D eigenvalue weighted by molar-refractivity contribution is -0.120. The molecule has 0 spiro atoms. The molecule has 1 atom stereocenters. The average molecular weight is 372 g/mol. The molecule has 0 bridgehead atoms. The monoisotopic (exact) mass is 372 g/mol. The quantitative estimate of drug-likeness (QED) is 0.741. The number of benzene rings is 2. The van der Waals surface area contributed by atoms with Crippen LogP contribution >= 0.6 is 0 Å². The van der Waals surface area contributed by atoms with Gasteiger partial charge < -0.3 is 10.2 Å². The summed E-state index contributed by atoms with van der Waals surface area (Å²) in [6.07, 6.45) is 3.61. The molecule has 5 nitrogen and oxygen atoms in total. The largest absolute Gasteiger partial charge is 0.340 e. The van der Waals surface area contributed by atoms with E-state index in [-0.39, 0.29) is 11.8 Å². The molecule has 28 heavy (non-hydrogen) atoms. The second-order valence-electron chi connectivity index (χ2n) is 7.18. The van der Waals surface area contributed by atoms with Crippen LogP contribution in [0.3, 0.4) is 0 Å². The predicted octanol–water partition coefficient (Wildman–Crippen LogP) is 4.31. The van der Waals surface area contributed by atoms with Crippen molar-refractivity contribution in [3.8, 4) is 11.1 Å². The van der Waals surface area contributed by atoms with Crippen molar-refractivity contribution in [2.45, 2.75) is 19.8 Å². The summed E-state index contributed by atoms with van der Waals surface area (Å²) < 4.78 is 0. The topological polar surface area (TPSA) is 58.1 Å². The highest BCUT2D eigenvalue weighted by Gasteiger charge is 2.27. The van der Waals surface area contributed by atoms with Crippen molar-refractivity contribution in [1.82, 2.24) is 9.97 Å². The zero-order valence-electron chi connectivity index (χ0n) is 16.0. The van der Waals surface area contributed by atoms with Crippen molar-refractivity contribution in [1.29, 1.82) is 0 Å². The molecule has 0 radical (unpaired) electrons. The van der Waals surface area contributed by atoms with E-state index in [2.05, 4.69) is 32.3 Å². The van der Waals surface area contributed by atoms with E-state index in [9.17, 15) is 4.79 Å². The van der Waals surface area contributed by atoms with Crippen LogP contribution in [-0.2, 0) is 4.79 Å². The molecule has 1 N–H and O–H groups in total. The van der Waals surface area contributed by atoms with Gasteiger partial charge in [-0.2, -0.15) is 0 Å². The van der Waals surface area contributed by atoms with Gasteiger partial charge in [-0.05, 0) is 37.5 Å². The van der Waals surface area contributed by atoms with Crippen LogP contribution in [-0.4, -0.2) is 29.0 Å². The molecule has 0 unspecified atom stereocenters. The molecule has 4 rings (SSSR count). The highest BCUT2D eigenvalue weighted by molar-refractivity contribution is 5.97. The Morgan fingerprint density at radius 1 is 1.07 bits per heavy atom. The maximum Gasteiger partial charge on any atom is 0.229 e. The first-order valence-corrected chi connectivity index (χ1v) is 9.70. The van der Waals surface area contributed by atoms with Gasteiger partial charge in [0.2, 0.25) is 11.9 Å². The van der Waals surface area contributed by atoms with Gasteiger partial charge in [0.1, 0.15) is 0 Å². The number of nitrogens with zero attached hydrogens (tertiary/aromatic N) is 3. The molecule has 3 aromatic rings. The molecule has 0 saturated carbocycles. The van der Waals surface area contributed by atoms with Crippen LogP contribution < -0.4 is 10.2 Å². The van der Waals surface area contributed by atoms with Crippen LogP contribution in [0.25, 0.3) is 11.1 Å². The van der Waals surface area contributed by atoms with Gasteiger partial charge in [-0.25, -0.2) is 9.97 Å². The number of aromatic nitrogens is 2. The normalized spacial score (nSPS) is 16.6. The smallest absolute Gasteiger partial charge is 0.229 e. The lowest BCUT2D eigenvalue weighted by Crippen LogP contribution is -2.41. The highest BCUT2D eigenvalue weighted by Crippen LogP contribution is 2.29. The molecule has 0 aliphatic carbocycles. The number of amides is 1. The molecule has 1 fully saturated rings. The van der Waals surface area contributed by atoms with Crippen molar-refractivity contribution in [2.24, 2.45) is 5.92 Å². The van der Waals surface area contributed by atoms with Crippen LogP contribution in [0.15, 0.2) is 66.9 Å². The molecular formula is C23H24N4O. The molecule has 1 aromatic heterocycles. The number of hydrogen-bond acceptors (Lipinski definition) is 4. The molecule has 1 aliphatic heterocycles. The SMILES string of the molecule is Cc1ccnc(N2CCC[C@@H](C(=O)Nc3ccccc3-c3ccccc3)C2)n1. The van der Waals surface area contributed by atoms with Crippen molar-refractivity contribution in [3.05, 3.63) is 72.6 Å². The summed E-state index contributed by atoms with van der Waals surface area (Å²) in [5.74, 6) is 0.685. The minimum Gasteiger partial charge on any atom is -0.340 e. The van der Waals surface area contributed by atoms with E-state index in [4.69, 9.17) is 0 Å². The number of piperidine rings is 1. The Kier molecular flexibility index (Phi) is 5.33. The van der Waals surface area contributed by atoms with Crippen molar-refractivity contribution in [3.63, 3.8) is 0 Å². The van der Waals surface area contributed by atoms with Crippen molar-refractivity contribution >= 4 is 17.5 Å². The van der Waals surface area contributed by atoms with Gasteiger partial charge >= 0.3 is 0 Å². The van der Waals surface area contributed by atoms with Crippen LogP contribution in [0, 0.1) is 12.8 Å². The third-order valence-electron chi connectivity index (χ3n) is 5.13. The van der Waals surface area contributed by atoms with E-state index in [1.54, 1.807) is 6.20 Å². The van der Waals surface area contributed by atoms with Crippen LogP contribution in [0.5, 0.6) is 0 Å². The minimum absolute atomic E-state index is 0.0562. The number of para-hydroxylation sites is 1. The lowest BCUT2D eigenvalue weighted by atomic mass is 9.96. The first kappa shape index (κ1) is 18.2. The number of nitrogens with one attached hydrogen (secondary N) is 1. The summed E-state index contributed by atoms with van der Waals surface area (Å²) in [5, 5.41) is 3.16. The molecule has 1 aliphatic rings. The van der Waals surface area contributed by atoms with Crippen LogP contribution in [0.4, 0.5) is 11.6 Å². The van der Waals surface area contributed by atoms with E-state index in [0.717, 1.165) is 41.9 Å². The summed E-state index contributed by atoms with van der Waals surface area (Å²) in [6, 6.07) is 20.0. The van der Waals surface area contributed by atoms with Gasteiger partial charge in [-0.15, -0.1) is 0 Å². The van der Waals surface area contributed by atoms with Gasteiger partial charge in [-0.3, -0.25) is 4.79 Å². The van der Waals surface area contributed by atoms with Gasteiger partial charge in [0, 0.05) is 36.2 Å². The average Bonchev–Trinajstić information content (AvgIpc) is 2.75. The fraction of sp³-hybridized carbons (Fsp3) is 0.261.